The van der Waals surface area contributed by atoms with Crippen LogP contribution in [0.5, 0.6) is 0 Å². The molecule has 2 nitrogen and oxygen atoms in total. The van der Waals surface area contributed by atoms with Crippen LogP contribution in [0.25, 0.3) is 0 Å². The van der Waals surface area contributed by atoms with Crippen molar-refractivity contribution in [3.05, 3.63) is 42.1 Å². The van der Waals surface area contributed by atoms with Crippen molar-refractivity contribution >= 4 is 5.69 Å². The van der Waals surface area contributed by atoms with Gasteiger partial charge in [0.1, 0.15) is 0 Å². The summed E-state index contributed by atoms with van der Waals surface area (Å²) in [5.74, 6) is 0. The molecule has 0 atom stereocenters. The van der Waals surface area contributed by atoms with Gasteiger partial charge in [-0.05, 0) is 25.0 Å². The topological polar surface area (TPSA) is 24.7 Å². The molecule has 0 fully saturated rings. The molecule has 2 heteroatoms. The van der Waals surface area contributed by atoms with Gasteiger partial charge in [-0.1, -0.05) is 24.8 Å². The van der Waals surface area contributed by atoms with Crippen molar-refractivity contribution in [2.75, 3.05) is 0 Å². The molecule has 0 spiro atoms. The van der Waals surface area contributed by atoms with Crippen LogP contribution in [-0.2, 0) is 0 Å². The number of hydrogen-bond acceptors (Lipinski definition) is 2. The third-order valence-electron chi connectivity index (χ3n) is 1.68. The third kappa shape index (κ3) is 1.78. The van der Waals surface area contributed by atoms with Crippen molar-refractivity contribution in [1.82, 2.24) is 0 Å². The van der Waals surface area contributed by atoms with E-state index < -0.39 is 0 Å². The minimum absolute atomic E-state index is 0.942. The fraction of sp³-hybridized carbons (Fsp3) is 0.200. The van der Waals surface area contributed by atoms with Gasteiger partial charge in [0.05, 0.1) is 5.69 Å². The van der Waals surface area contributed by atoms with E-state index in [9.17, 15) is 0 Å². The predicted molar refractivity (Wildman–Crippen MR) is 50.6 cm³/mol. The Kier molecular flexibility index (Phi) is 2.75. The number of azo groups is 1. The van der Waals surface area contributed by atoms with Crippen LogP contribution >= 0.6 is 0 Å². The van der Waals surface area contributed by atoms with Crippen molar-refractivity contribution in [2.45, 2.75) is 13.8 Å². The van der Waals surface area contributed by atoms with Gasteiger partial charge in [-0.15, -0.1) is 0 Å². The standard InChI is InChI=1S/C10H12N2/c1-4-11-12-10-8(2)6-5-7-9(10)3/h4-7H,1H2,2-3H3. The summed E-state index contributed by atoms with van der Waals surface area (Å²) in [6, 6.07) is 6.05. The Hall–Kier alpha value is -1.44. The summed E-state index contributed by atoms with van der Waals surface area (Å²) >= 11 is 0. The minimum Gasteiger partial charge on any atom is -0.159 e. The summed E-state index contributed by atoms with van der Waals surface area (Å²) in [5.41, 5.74) is 3.22. The van der Waals surface area contributed by atoms with Crippen molar-refractivity contribution in [3.63, 3.8) is 0 Å². The van der Waals surface area contributed by atoms with Crippen LogP contribution in [0.2, 0.25) is 0 Å². The molecule has 0 aliphatic rings. The average molecular weight is 160 g/mol. The van der Waals surface area contributed by atoms with E-state index in [1.54, 1.807) is 0 Å². The van der Waals surface area contributed by atoms with Crippen molar-refractivity contribution in [2.24, 2.45) is 10.2 Å². The number of aryl methyl sites for hydroxylation is 2. The van der Waals surface area contributed by atoms with Crippen LogP contribution < -0.4 is 0 Å². The lowest BCUT2D eigenvalue weighted by Crippen LogP contribution is -1.77. The molecule has 0 bridgehead atoms. The maximum Gasteiger partial charge on any atom is 0.0915 e. The van der Waals surface area contributed by atoms with Crippen LogP contribution in [0.15, 0.2) is 41.2 Å². The van der Waals surface area contributed by atoms with Gasteiger partial charge < -0.3 is 0 Å². The lowest BCUT2D eigenvalue weighted by atomic mass is 10.1. The van der Waals surface area contributed by atoms with Crippen LogP contribution in [0.4, 0.5) is 5.69 Å². The fourth-order valence-corrected chi connectivity index (χ4v) is 1.06. The Balaban J connectivity index is 3.12. The Morgan fingerprint density at radius 3 is 2.33 bits per heavy atom. The Morgan fingerprint density at radius 2 is 1.83 bits per heavy atom. The van der Waals surface area contributed by atoms with E-state index in [1.807, 2.05) is 32.0 Å². The van der Waals surface area contributed by atoms with Gasteiger partial charge in [0.15, 0.2) is 0 Å². The summed E-state index contributed by atoms with van der Waals surface area (Å²) in [6.45, 7) is 7.51. The van der Waals surface area contributed by atoms with Crippen molar-refractivity contribution in [3.8, 4) is 0 Å². The molecule has 1 rings (SSSR count). The van der Waals surface area contributed by atoms with Gasteiger partial charge in [-0.25, -0.2) is 0 Å². The van der Waals surface area contributed by atoms with Crippen molar-refractivity contribution in [1.29, 1.82) is 0 Å². The zero-order valence-corrected chi connectivity index (χ0v) is 7.41. The Labute approximate surface area is 72.6 Å². The highest BCUT2D eigenvalue weighted by Gasteiger charge is 1.98. The summed E-state index contributed by atoms with van der Waals surface area (Å²) in [7, 11) is 0. The zero-order valence-electron chi connectivity index (χ0n) is 7.41. The molecule has 0 amide bonds. The maximum atomic E-state index is 4.03. The molecule has 1 aromatic rings. The van der Waals surface area contributed by atoms with Crippen LogP contribution in [0, 0.1) is 13.8 Å². The van der Waals surface area contributed by atoms with E-state index in [0.29, 0.717) is 0 Å². The Bertz CT molecular complexity index is 293. The largest absolute Gasteiger partial charge is 0.159 e. The van der Waals surface area contributed by atoms with E-state index in [4.69, 9.17) is 0 Å². The second kappa shape index (κ2) is 3.81. The molecule has 62 valence electrons. The first-order valence-electron chi connectivity index (χ1n) is 3.83. The van der Waals surface area contributed by atoms with Gasteiger partial charge in [0.2, 0.25) is 0 Å². The summed E-state index contributed by atoms with van der Waals surface area (Å²) < 4.78 is 0. The number of rotatable bonds is 2. The predicted octanol–water partition coefficient (Wildman–Crippen LogP) is 3.53. The first-order valence-corrected chi connectivity index (χ1v) is 3.83. The van der Waals surface area contributed by atoms with E-state index in [2.05, 4.69) is 16.8 Å². The summed E-state index contributed by atoms with van der Waals surface area (Å²) in [5, 5.41) is 7.78. The number of benzene rings is 1. The van der Waals surface area contributed by atoms with E-state index in [0.717, 1.165) is 16.8 Å². The highest BCUT2D eigenvalue weighted by Crippen LogP contribution is 2.22. The van der Waals surface area contributed by atoms with Crippen LogP contribution in [0.1, 0.15) is 11.1 Å². The monoisotopic (exact) mass is 160 g/mol. The lowest BCUT2D eigenvalue weighted by molar-refractivity contribution is 1.19. The highest BCUT2D eigenvalue weighted by molar-refractivity contribution is 5.51. The molecule has 0 saturated heterocycles. The molecule has 0 saturated carbocycles. The molecule has 0 aromatic heterocycles. The van der Waals surface area contributed by atoms with E-state index >= 15 is 0 Å². The SMILES string of the molecule is C=CN=Nc1c(C)cccc1C. The summed E-state index contributed by atoms with van der Waals surface area (Å²) in [6.07, 6.45) is 1.44. The Morgan fingerprint density at radius 1 is 1.25 bits per heavy atom. The van der Waals surface area contributed by atoms with Crippen LogP contribution in [0.3, 0.4) is 0 Å². The number of nitrogens with zero attached hydrogens (tertiary/aromatic N) is 2. The second-order valence-corrected chi connectivity index (χ2v) is 2.64. The van der Waals surface area contributed by atoms with E-state index in [1.165, 1.54) is 6.20 Å². The van der Waals surface area contributed by atoms with Gasteiger partial charge in [0.25, 0.3) is 0 Å². The maximum absolute atomic E-state index is 4.03. The zero-order chi connectivity index (χ0) is 8.97. The van der Waals surface area contributed by atoms with Gasteiger partial charge in [-0.3, -0.25) is 0 Å². The molecular weight excluding hydrogens is 148 g/mol. The average Bonchev–Trinajstić information content (AvgIpc) is 2.04. The van der Waals surface area contributed by atoms with Gasteiger partial charge in [0, 0.05) is 6.20 Å². The van der Waals surface area contributed by atoms with Crippen LogP contribution in [-0.4, -0.2) is 0 Å². The minimum atomic E-state index is 0.942. The first-order chi connectivity index (χ1) is 5.75. The second-order valence-electron chi connectivity index (χ2n) is 2.64. The number of hydrogen-bond donors (Lipinski definition) is 0. The molecule has 0 radical (unpaired) electrons. The molecule has 0 unspecified atom stereocenters. The molecule has 0 aliphatic heterocycles. The fourth-order valence-electron chi connectivity index (χ4n) is 1.06. The molecule has 0 aliphatic carbocycles. The van der Waals surface area contributed by atoms with Gasteiger partial charge in [-0.2, -0.15) is 10.2 Å². The first kappa shape index (κ1) is 8.65. The molecule has 0 heterocycles. The smallest absolute Gasteiger partial charge is 0.0915 e. The van der Waals surface area contributed by atoms with Crippen molar-refractivity contribution < 1.29 is 0 Å². The van der Waals surface area contributed by atoms with E-state index in [-0.39, 0.29) is 0 Å². The third-order valence-corrected chi connectivity index (χ3v) is 1.68. The molecular formula is C10H12N2. The normalized spacial score (nSPS) is 10.5. The highest BCUT2D eigenvalue weighted by atomic mass is 15.1. The van der Waals surface area contributed by atoms with Gasteiger partial charge >= 0.3 is 0 Å². The summed E-state index contributed by atoms with van der Waals surface area (Å²) in [4.78, 5) is 0. The quantitative estimate of drug-likeness (QED) is 0.591. The molecule has 0 N–H and O–H groups in total. The molecule has 12 heavy (non-hydrogen) atoms. The lowest BCUT2D eigenvalue weighted by Gasteiger charge is -2.00. The molecule has 1 aromatic carbocycles.